The Hall–Kier alpha value is -2.51. The van der Waals surface area contributed by atoms with Crippen LogP contribution in [0.4, 0.5) is 5.82 Å². The van der Waals surface area contributed by atoms with E-state index < -0.39 is 5.60 Å². The zero-order valence-corrected chi connectivity index (χ0v) is 13.2. The normalized spacial score (nSPS) is 21.3. The number of aromatic nitrogens is 4. The molecule has 0 saturated carbocycles. The van der Waals surface area contributed by atoms with Crippen LogP contribution in [0.15, 0.2) is 36.5 Å². The predicted octanol–water partition coefficient (Wildman–Crippen LogP) is 1.33. The molecule has 1 aliphatic heterocycles. The van der Waals surface area contributed by atoms with Gasteiger partial charge in [-0.25, -0.2) is 4.98 Å². The summed E-state index contributed by atoms with van der Waals surface area (Å²) in [5.74, 6) is 0.720. The second kappa shape index (κ2) is 5.85. The third kappa shape index (κ3) is 2.51. The summed E-state index contributed by atoms with van der Waals surface area (Å²) in [7, 11) is 0. The van der Waals surface area contributed by atoms with E-state index in [2.05, 4.69) is 15.4 Å². The molecular weight excluding hydrogens is 306 g/mol. The molecule has 1 unspecified atom stereocenters. The van der Waals surface area contributed by atoms with Crippen LogP contribution in [0.3, 0.4) is 0 Å². The lowest BCUT2D eigenvalue weighted by atomic mass is 9.90. The van der Waals surface area contributed by atoms with Crippen molar-refractivity contribution in [2.24, 2.45) is 0 Å². The Bertz CT molecular complexity index is 851. The molecule has 0 aliphatic carbocycles. The molecule has 1 aromatic carbocycles. The summed E-state index contributed by atoms with van der Waals surface area (Å²) in [6, 6.07) is 9.79. The summed E-state index contributed by atoms with van der Waals surface area (Å²) in [5.41, 5.74) is 1.11. The number of hydrogen-bond acceptors (Lipinski definition) is 6. The summed E-state index contributed by atoms with van der Waals surface area (Å²) in [6.07, 6.45) is 2.99. The third-order valence-electron chi connectivity index (χ3n) is 4.61. The SMILES string of the molecule is OCc1cc2ccccc2nc1N1CCCC(O)(c2cn[nH]n2)C1. The van der Waals surface area contributed by atoms with E-state index in [1.807, 2.05) is 35.2 Å². The first-order chi connectivity index (χ1) is 11.7. The van der Waals surface area contributed by atoms with Crippen molar-refractivity contribution >= 4 is 16.7 Å². The highest BCUT2D eigenvalue weighted by atomic mass is 16.3. The molecule has 124 valence electrons. The van der Waals surface area contributed by atoms with Crippen LogP contribution in [0.25, 0.3) is 10.9 Å². The Kier molecular flexibility index (Phi) is 3.66. The number of nitrogens with one attached hydrogen (secondary N) is 1. The van der Waals surface area contributed by atoms with Gasteiger partial charge >= 0.3 is 0 Å². The molecule has 0 radical (unpaired) electrons. The molecule has 1 atom stereocenters. The maximum atomic E-state index is 11.0. The summed E-state index contributed by atoms with van der Waals surface area (Å²) in [4.78, 5) is 6.75. The number of rotatable bonds is 3. The second-order valence-corrected chi connectivity index (χ2v) is 6.23. The van der Waals surface area contributed by atoms with Gasteiger partial charge in [-0.05, 0) is 25.0 Å². The molecular formula is C17H19N5O2. The van der Waals surface area contributed by atoms with Gasteiger partial charge in [0.1, 0.15) is 17.1 Å². The number of aliphatic hydroxyl groups is 2. The van der Waals surface area contributed by atoms with E-state index in [1.54, 1.807) is 6.20 Å². The molecule has 1 saturated heterocycles. The van der Waals surface area contributed by atoms with E-state index in [1.165, 1.54) is 0 Å². The van der Waals surface area contributed by atoms with Crippen LogP contribution in [-0.2, 0) is 12.2 Å². The number of nitrogens with zero attached hydrogens (tertiary/aromatic N) is 4. The molecule has 1 fully saturated rings. The smallest absolute Gasteiger partial charge is 0.134 e. The lowest BCUT2D eigenvalue weighted by molar-refractivity contribution is 0.0174. The highest BCUT2D eigenvalue weighted by Gasteiger charge is 2.38. The first-order valence-electron chi connectivity index (χ1n) is 8.03. The Morgan fingerprint density at radius 1 is 1.29 bits per heavy atom. The fourth-order valence-corrected chi connectivity index (χ4v) is 3.39. The minimum atomic E-state index is -1.06. The lowest BCUT2D eigenvalue weighted by Gasteiger charge is -2.39. The topological polar surface area (TPSA) is 98.2 Å². The average Bonchev–Trinajstić information content (AvgIpc) is 3.16. The molecule has 4 rings (SSSR count). The number of pyridine rings is 1. The fourth-order valence-electron chi connectivity index (χ4n) is 3.39. The van der Waals surface area contributed by atoms with Crippen LogP contribution >= 0.6 is 0 Å². The van der Waals surface area contributed by atoms with Gasteiger partial charge in [-0.2, -0.15) is 15.4 Å². The molecule has 1 aliphatic rings. The zero-order valence-electron chi connectivity index (χ0n) is 13.2. The van der Waals surface area contributed by atoms with E-state index in [0.717, 1.165) is 35.2 Å². The second-order valence-electron chi connectivity index (χ2n) is 6.23. The van der Waals surface area contributed by atoms with Crippen LogP contribution < -0.4 is 4.90 Å². The van der Waals surface area contributed by atoms with E-state index in [4.69, 9.17) is 4.98 Å². The molecule has 3 N–H and O–H groups in total. The van der Waals surface area contributed by atoms with Crippen LogP contribution in [0.5, 0.6) is 0 Å². The minimum absolute atomic E-state index is 0.0912. The molecule has 0 bridgehead atoms. The lowest BCUT2D eigenvalue weighted by Crippen LogP contribution is -2.47. The van der Waals surface area contributed by atoms with E-state index >= 15 is 0 Å². The molecule has 2 aromatic heterocycles. The molecule has 0 amide bonds. The van der Waals surface area contributed by atoms with Crippen LogP contribution in [0.1, 0.15) is 24.1 Å². The van der Waals surface area contributed by atoms with Gasteiger partial charge in [-0.15, -0.1) is 0 Å². The van der Waals surface area contributed by atoms with Crippen LogP contribution in [0.2, 0.25) is 0 Å². The monoisotopic (exact) mass is 325 g/mol. The standard InChI is InChI=1S/C17H19N5O2/c23-10-13-8-12-4-1-2-5-14(12)19-16(13)22-7-3-6-17(24,11-22)15-9-18-21-20-15/h1-2,4-5,8-9,23-24H,3,6-7,10-11H2,(H,18,20,21). The van der Waals surface area contributed by atoms with Crippen molar-refractivity contribution < 1.29 is 10.2 Å². The summed E-state index contributed by atoms with van der Waals surface area (Å²) < 4.78 is 0. The number of aromatic amines is 1. The molecule has 3 aromatic rings. The van der Waals surface area contributed by atoms with Crippen LogP contribution in [0, 0.1) is 0 Å². The van der Waals surface area contributed by atoms with Crippen molar-refractivity contribution in [1.29, 1.82) is 0 Å². The van der Waals surface area contributed by atoms with Gasteiger partial charge < -0.3 is 15.1 Å². The predicted molar refractivity (Wildman–Crippen MR) is 89.4 cm³/mol. The Morgan fingerprint density at radius 3 is 2.96 bits per heavy atom. The highest BCUT2D eigenvalue weighted by molar-refractivity contribution is 5.81. The summed E-state index contributed by atoms with van der Waals surface area (Å²) >= 11 is 0. The number of para-hydroxylation sites is 1. The zero-order chi connectivity index (χ0) is 16.6. The minimum Gasteiger partial charge on any atom is -0.392 e. The number of hydrogen-bond donors (Lipinski definition) is 3. The van der Waals surface area contributed by atoms with Crippen molar-refractivity contribution in [3.8, 4) is 0 Å². The number of H-pyrrole nitrogens is 1. The summed E-state index contributed by atoms with van der Waals surface area (Å²) in [5, 5.41) is 32.2. The van der Waals surface area contributed by atoms with Crippen molar-refractivity contribution in [2.45, 2.75) is 25.0 Å². The van der Waals surface area contributed by atoms with E-state index in [-0.39, 0.29) is 6.61 Å². The van der Waals surface area contributed by atoms with Gasteiger partial charge in [-0.3, -0.25) is 0 Å². The highest BCUT2D eigenvalue weighted by Crippen LogP contribution is 2.34. The van der Waals surface area contributed by atoms with Gasteiger partial charge in [0.15, 0.2) is 0 Å². The Balaban J connectivity index is 1.73. The third-order valence-corrected chi connectivity index (χ3v) is 4.61. The molecule has 24 heavy (non-hydrogen) atoms. The van der Waals surface area contributed by atoms with Gasteiger partial charge in [0.05, 0.1) is 24.9 Å². The average molecular weight is 325 g/mol. The number of piperidine rings is 1. The van der Waals surface area contributed by atoms with Gasteiger partial charge in [0, 0.05) is 17.5 Å². The van der Waals surface area contributed by atoms with E-state index in [9.17, 15) is 10.2 Å². The number of anilines is 1. The number of β-amino-alcohol motifs (C(OH)–C–C–N with tert-alkyl or cyclic N) is 1. The van der Waals surface area contributed by atoms with Crippen molar-refractivity contribution in [3.05, 3.63) is 47.8 Å². The van der Waals surface area contributed by atoms with Gasteiger partial charge in [-0.1, -0.05) is 18.2 Å². The van der Waals surface area contributed by atoms with Crippen molar-refractivity contribution in [2.75, 3.05) is 18.0 Å². The first-order valence-corrected chi connectivity index (χ1v) is 8.03. The largest absolute Gasteiger partial charge is 0.392 e. The Labute approximate surface area is 139 Å². The maximum Gasteiger partial charge on any atom is 0.134 e. The maximum absolute atomic E-state index is 11.0. The van der Waals surface area contributed by atoms with E-state index in [0.29, 0.717) is 18.7 Å². The van der Waals surface area contributed by atoms with Gasteiger partial charge in [0.2, 0.25) is 0 Å². The summed E-state index contributed by atoms with van der Waals surface area (Å²) in [6.45, 7) is 1.06. The van der Waals surface area contributed by atoms with Gasteiger partial charge in [0.25, 0.3) is 0 Å². The molecule has 7 heteroatoms. The van der Waals surface area contributed by atoms with Crippen LogP contribution in [-0.4, -0.2) is 43.7 Å². The molecule has 7 nitrogen and oxygen atoms in total. The van der Waals surface area contributed by atoms with Crippen molar-refractivity contribution in [1.82, 2.24) is 20.4 Å². The van der Waals surface area contributed by atoms with Crippen molar-refractivity contribution in [3.63, 3.8) is 0 Å². The Morgan fingerprint density at radius 2 is 2.17 bits per heavy atom. The number of fused-ring (bicyclic) bond motifs is 1. The number of benzene rings is 1. The molecule has 0 spiro atoms. The number of aliphatic hydroxyl groups excluding tert-OH is 1. The quantitative estimate of drug-likeness (QED) is 0.672. The fraction of sp³-hybridized carbons (Fsp3) is 0.353. The molecule has 3 heterocycles. The first kappa shape index (κ1) is 15.0.